The van der Waals surface area contributed by atoms with Crippen LogP contribution in [-0.2, 0) is 0 Å². The zero-order valence-electron chi connectivity index (χ0n) is 6.61. The van der Waals surface area contributed by atoms with Gasteiger partial charge in [-0.3, -0.25) is 0 Å². The van der Waals surface area contributed by atoms with Crippen LogP contribution in [0.4, 0.5) is 5.88 Å². The fraction of sp³-hybridized carbons (Fsp3) is 0. The van der Waals surface area contributed by atoms with E-state index in [1.807, 2.05) is 6.07 Å². The summed E-state index contributed by atoms with van der Waals surface area (Å²) < 4.78 is 4.70. The third kappa shape index (κ3) is 1.05. The molecule has 0 unspecified atom stereocenters. The van der Waals surface area contributed by atoms with Crippen molar-refractivity contribution in [3.63, 3.8) is 0 Å². The fourth-order valence-corrected chi connectivity index (χ4v) is 1.08. The lowest BCUT2D eigenvalue weighted by atomic mass is 10.1. The van der Waals surface area contributed by atoms with Crippen molar-refractivity contribution >= 4 is 5.88 Å². The molecular formula is C8H6N4O. The predicted molar refractivity (Wildman–Crippen MR) is 45.4 cm³/mol. The van der Waals surface area contributed by atoms with Crippen LogP contribution in [0.3, 0.4) is 0 Å². The average molecular weight is 174 g/mol. The first kappa shape index (κ1) is 7.43. The summed E-state index contributed by atoms with van der Waals surface area (Å²) in [4.78, 5) is 2.86. The molecule has 5 nitrogen and oxygen atoms in total. The predicted octanol–water partition coefficient (Wildman–Crippen LogP) is 1.12. The summed E-state index contributed by atoms with van der Waals surface area (Å²) in [6, 6.07) is 3.73. The van der Waals surface area contributed by atoms with E-state index in [1.165, 1.54) is 0 Å². The van der Waals surface area contributed by atoms with Crippen LogP contribution < -0.4 is 5.73 Å². The van der Waals surface area contributed by atoms with E-state index in [4.69, 9.17) is 15.5 Å². The zero-order valence-corrected chi connectivity index (χ0v) is 6.61. The SMILES string of the molecule is N#Cc1c(-c2cc[nH]c2)noc1N. The number of anilines is 1. The molecule has 13 heavy (non-hydrogen) atoms. The molecule has 5 heteroatoms. The lowest BCUT2D eigenvalue weighted by Crippen LogP contribution is -1.85. The van der Waals surface area contributed by atoms with Crippen molar-refractivity contribution < 1.29 is 4.52 Å². The number of aromatic nitrogens is 2. The molecule has 2 rings (SSSR count). The zero-order chi connectivity index (χ0) is 9.26. The van der Waals surface area contributed by atoms with Gasteiger partial charge in [0.05, 0.1) is 0 Å². The highest BCUT2D eigenvalue weighted by molar-refractivity contribution is 5.70. The summed E-state index contributed by atoms with van der Waals surface area (Å²) in [5.41, 5.74) is 6.94. The number of aromatic amines is 1. The van der Waals surface area contributed by atoms with Crippen molar-refractivity contribution in [3.05, 3.63) is 24.0 Å². The number of nitriles is 1. The van der Waals surface area contributed by atoms with E-state index in [1.54, 1.807) is 18.5 Å². The van der Waals surface area contributed by atoms with Gasteiger partial charge in [0.15, 0.2) is 0 Å². The lowest BCUT2D eigenvalue weighted by Gasteiger charge is -1.87. The summed E-state index contributed by atoms with van der Waals surface area (Å²) in [6.07, 6.45) is 3.46. The summed E-state index contributed by atoms with van der Waals surface area (Å²) in [5, 5.41) is 12.4. The highest BCUT2D eigenvalue weighted by Gasteiger charge is 2.14. The van der Waals surface area contributed by atoms with Gasteiger partial charge in [0.1, 0.15) is 17.3 Å². The maximum absolute atomic E-state index is 8.75. The van der Waals surface area contributed by atoms with Gasteiger partial charge in [-0.05, 0) is 6.07 Å². The van der Waals surface area contributed by atoms with Crippen LogP contribution in [0.2, 0.25) is 0 Å². The third-order valence-electron chi connectivity index (χ3n) is 1.70. The number of hydrogen-bond donors (Lipinski definition) is 2. The van der Waals surface area contributed by atoms with Gasteiger partial charge in [-0.2, -0.15) is 5.26 Å². The van der Waals surface area contributed by atoms with Gasteiger partial charge in [0, 0.05) is 18.0 Å². The van der Waals surface area contributed by atoms with Crippen molar-refractivity contribution in [2.45, 2.75) is 0 Å². The Labute approximate surface area is 73.8 Å². The number of nitrogen functional groups attached to an aromatic ring is 1. The summed E-state index contributed by atoms with van der Waals surface area (Å²) in [5.74, 6) is 0.0544. The smallest absolute Gasteiger partial charge is 0.240 e. The largest absolute Gasteiger partial charge is 0.367 e. The number of nitrogens with zero attached hydrogens (tertiary/aromatic N) is 2. The molecule has 0 spiro atoms. The van der Waals surface area contributed by atoms with E-state index in [-0.39, 0.29) is 11.4 Å². The van der Waals surface area contributed by atoms with Gasteiger partial charge >= 0.3 is 0 Å². The van der Waals surface area contributed by atoms with Gasteiger partial charge in [0.2, 0.25) is 5.88 Å². The molecule has 3 N–H and O–H groups in total. The normalized spacial score (nSPS) is 9.77. The van der Waals surface area contributed by atoms with Crippen LogP contribution in [0.1, 0.15) is 5.56 Å². The first-order valence-electron chi connectivity index (χ1n) is 3.61. The topological polar surface area (TPSA) is 91.6 Å². The maximum Gasteiger partial charge on any atom is 0.240 e. The third-order valence-corrected chi connectivity index (χ3v) is 1.70. The summed E-state index contributed by atoms with van der Waals surface area (Å²) in [7, 11) is 0. The van der Waals surface area contributed by atoms with Crippen LogP contribution in [-0.4, -0.2) is 10.1 Å². The van der Waals surface area contributed by atoms with Crippen molar-refractivity contribution in [1.29, 1.82) is 5.26 Å². The van der Waals surface area contributed by atoms with Crippen molar-refractivity contribution in [3.8, 4) is 17.3 Å². The Bertz CT molecular complexity index is 449. The Morgan fingerprint density at radius 1 is 1.62 bits per heavy atom. The van der Waals surface area contributed by atoms with Crippen molar-refractivity contribution in [2.75, 3.05) is 5.73 Å². The molecule has 2 aromatic heterocycles. The molecular weight excluding hydrogens is 168 g/mol. The van der Waals surface area contributed by atoms with Crippen LogP contribution in [0.25, 0.3) is 11.3 Å². The van der Waals surface area contributed by atoms with Crippen molar-refractivity contribution in [1.82, 2.24) is 10.1 Å². The van der Waals surface area contributed by atoms with E-state index in [0.29, 0.717) is 5.69 Å². The molecule has 0 fully saturated rings. The molecule has 0 atom stereocenters. The van der Waals surface area contributed by atoms with Gasteiger partial charge < -0.3 is 15.2 Å². The van der Waals surface area contributed by atoms with Gasteiger partial charge in [-0.15, -0.1) is 0 Å². The minimum atomic E-state index is 0.0544. The molecule has 0 bridgehead atoms. The number of nitrogens with two attached hydrogens (primary N) is 1. The second-order valence-electron chi connectivity index (χ2n) is 2.48. The van der Waals surface area contributed by atoms with Crippen LogP contribution in [0, 0.1) is 11.3 Å². The molecule has 0 saturated carbocycles. The van der Waals surface area contributed by atoms with E-state index in [0.717, 1.165) is 5.56 Å². The fourth-order valence-electron chi connectivity index (χ4n) is 1.08. The van der Waals surface area contributed by atoms with E-state index < -0.39 is 0 Å². The minimum absolute atomic E-state index is 0.0544. The Morgan fingerprint density at radius 3 is 3.08 bits per heavy atom. The van der Waals surface area contributed by atoms with Gasteiger partial charge in [-0.25, -0.2) is 0 Å². The quantitative estimate of drug-likeness (QED) is 0.677. The van der Waals surface area contributed by atoms with Crippen LogP contribution >= 0.6 is 0 Å². The first-order valence-corrected chi connectivity index (χ1v) is 3.61. The maximum atomic E-state index is 8.75. The second-order valence-corrected chi connectivity index (χ2v) is 2.48. The van der Waals surface area contributed by atoms with E-state index in [2.05, 4.69) is 10.1 Å². The molecule has 0 saturated heterocycles. The minimum Gasteiger partial charge on any atom is -0.367 e. The molecule has 64 valence electrons. The standard InChI is InChI=1S/C8H6N4O/c9-3-6-7(12-13-8(6)10)5-1-2-11-4-5/h1-2,4,11H,10H2. The second kappa shape index (κ2) is 2.68. The Kier molecular flexibility index (Phi) is 1.53. The van der Waals surface area contributed by atoms with Crippen LogP contribution in [0.5, 0.6) is 0 Å². The van der Waals surface area contributed by atoms with E-state index in [9.17, 15) is 0 Å². The molecule has 2 aromatic rings. The van der Waals surface area contributed by atoms with Crippen LogP contribution in [0.15, 0.2) is 23.0 Å². The number of H-pyrrole nitrogens is 1. The molecule has 0 aromatic carbocycles. The molecule has 0 aliphatic heterocycles. The Morgan fingerprint density at radius 2 is 2.46 bits per heavy atom. The monoisotopic (exact) mass is 174 g/mol. The summed E-state index contributed by atoms with van der Waals surface area (Å²) in [6.45, 7) is 0. The highest BCUT2D eigenvalue weighted by Crippen LogP contribution is 2.25. The molecule has 0 amide bonds. The van der Waals surface area contributed by atoms with Gasteiger partial charge in [0.25, 0.3) is 0 Å². The number of rotatable bonds is 1. The first-order chi connectivity index (χ1) is 6.33. The molecule has 0 radical (unpaired) electrons. The lowest BCUT2D eigenvalue weighted by molar-refractivity contribution is 0.439. The molecule has 0 aliphatic rings. The van der Waals surface area contributed by atoms with Gasteiger partial charge in [-0.1, -0.05) is 5.16 Å². The van der Waals surface area contributed by atoms with Crippen molar-refractivity contribution in [2.24, 2.45) is 0 Å². The average Bonchev–Trinajstić information content (AvgIpc) is 2.71. The Hall–Kier alpha value is -2.22. The highest BCUT2D eigenvalue weighted by atomic mass is 16.5. The molecule has 2 heterocycles. The number of nitrogens with one attached hydrogen (secondary N) is 1. The van der Waals surface area contributed by atoms with E-state index >= 15 is 0 Å². The molecule has 0 aliphatic carbocycles. The Balaban J connectivity index is 2.60. The summed E-state index contributed by atoms with van der Waals surface area (Å²) >= 11 is 0. The number of hydrogen-bond acceptors (Lipinski definition) is 4.